The van der Waals surface area contributed by atoms with Crippen molar-refractivity contribution >= 4 is 5.91 Å². The van der Waals surface area contributed by atoms with Gasteiger partial charge in [0.25, 0.3) is 5.91 Å². The van der Waals surface area contributed by atoms with Crippen molar-refractivity contribution in [2.45, 2.75) is 12.5 Å². The first kappa shape index (κ1) is 12.7. The average molecular weight is 226 g/mol. The lowest BCUT2D eigenvalue weighted by Crippen LogP contribution is -2.47. The molecule has 0 saturated carbocycles. The van der Waals surface area contributed by atoms with E-state index in [4.69, 9.17) is 0 Å². The number of aromatic amines is 1. The van der Waals surface area contributed by atoms with Crippen LogP contribution < -0.4 is 5.32 Å². The van der Waals surface area contributed by atoms with Crippen LogP contribution in [0.4, 0.5) is 0 Å². The number of H-pyrrole nitrogens is 1. The van der Waals surface area contributed by atoms with Gasteiger partial charge in [0, 0.05) is 19.3 Å². The third-order valence-electron chi connectivity index (χ3n) is 2.05. The van der Waals surface area contributed by atoms with Gasteiger partial charge in [0.1, 0.15) is 0 Å². The summed E-state index contributed by atoms with van der Waals surface area (Å²) in [6, 6.07) is 0. The minimum absolute atomic E-state index is 0.204. The van der Waals surface area contributed by atoms with Gasteiger partial charge in [-0.3, -0.25) is 9.89 Å². The van der Waals surface area contributed by atoms with E-state index in [0.717, 1.165) is 0 Å². The number of hydrogen-bond donors (Lipinski definition) is 3. The van der Waals surface area contributed by atoms with E-state index in [1.807, 2.05) is 19.0 Å². The summed E-state index contributed by atoms with van der Waals surface area (Å²) in [5.74, 6) is -0.243. The molecule has 0 fully saturated rings. The van der Waals surface area contributed by atoms with Crippen molar-refractivity contribution in [3.63, 3.8) is 0 Å². The number of rotatable bonds is 5. The fourth-order valence-electron chi connectivity index (χ4n) is 1.48. The van der Waals surface area contributed by atoms with Gasteiger partial charge in [-0.1, -0.05) is 0 Å². The van der Waals surface area contributed by atoms with E-state index < -0.39 is 5.60 Å². The first-order valence-corrected chi connectivity index (χ1v) is 5.05. The zero-order valence-electron chi connectivity index (χ0n) is 9.82. The number of hydrogen-bond acceptors (Lipinski definition) is 4. The maximum atomic E-state index is 11.5. The molecule has 1 aromatic rings. The average Bonchev–Trinajstić information content (AvgIpc) is 2.64. The highest BCUT2D eigenvalue weighted by Gasteiger charge is 2.22. The van der Waals surface area contributed by atoms with Crippen LogP contribution in [-0.2, 0) is 0 Å². The zero-order valence-corrected chi connectivity index (χ0v) is 9.82. The summed E-state index contributed by atoms with van der Waals surface area (Å²) in [5.41, 5.74) is -0.483. The molecule has 90 valence electrons. The van der Waals surface area contributed by atoms with Crippen molar-refractivity contribution in [1.29, 1.82) is 0 Å². The Labute approximate surface area is 94.6 Å². The van der Waals surface area contributed by atoms with Crippen LogP contribution in [0.1, 0.15) is 17.3 Å². The molecule has 1 aromatic heterocycles. The first-order chi connectivity index (χ1) is 7.41. The maximum Gasteiger partial charge on any atom is 0.254 e. The maximum absolute atomic E-state index is 11.5. The predicted octanol–water partition coefficient (Wildman–Crippen LogP) is -0.548. The minimum Gasteiger partial charge on any atom is -0.387 e. The van der Waals surface area contributed by atoms with Crippen molar-refractivity contribution in [2.75, 3.05) is 27.2 Å². The van der Waals surface area contributed by atoms with Crippen LogP contribution in [0.15, 0.2) is 12.4 Å². The Morgan fingerprint density at radius 3 is 2.88 bits per heavy atom. The summed E-state index contributed by atoms with van der Waals surface area (Å²) in [7, 11) is 3.73. The Balaban J connectivity index is 2.42. The highest BCUT2D eigenvalue weighted by Crippen LogP contribution is 2.03. The molecule has 1 unspecified atom stereocenters. The smallest absolute Gasteiger partial charge is 0.254 e. The van der Waals surface area contributed by atoms with Gasteiger partial charge in [-0.15, -0.1) is 0 Å². The van der Waals surface area contributed by atoms with E-state index in [0.29, 0.717) is 12.1 Å². The Hall–Kier alpha value is -1.40. The number of carbonyl (C=O) groups excluding carboxylic acids is 1. The molecule has 1 amide bonds. The second kappa shape index (κ2) is 5.09. The second-order valence-corrected chi connectivity index (χ2v) is 4.40. The standard InChI is InChI=1S/C10H18N4O2/c1-10(16,7-14(2)3)6-11-9(15)8-4-12-13-5-8/h4-5,16H,6-7H2,1-3H3,(H,11,15)(H,12,13). The second-order valence-electron chi connectivity index (χ2n) is 4.40. The third kappa shape index (κ3) is 4.00. The van der Waals surface area contributed by atoms with Gasteiger partial charge in [0.05, 0.1) is 17.4 Å². The molecular weight excluding hydrogens is 208 g/mol. The van der Waals surface area contributed by atoms with Gasteiger partial charge in [0.2, 0.25) is 0 Å². The van der Waals surface area contributed by atoms with Crippen molar-refractivity contribution in [2.24, 2.45) is 0 Å². The number of carbonyl (C=O) groups is 1. The fraction of sp³-hybridized carbons (Fsp3) is 0.600. The lowest BCUT2D eigenvalue weighted by Gasteiger charge is -2.26. The summed E-state index contributed by atoms with van der Waals surface area (Å²) >= 11 is 0. The van der Waals surface area contributed by atoms with Crippen LogP contribution in [0.5, 0.6) is 0 Å². The van der Waals surface area contributed by atoms with Crippen LogP contribution in [0.25, 0.3) is 0 Å². The SMILES string of the molecule is CN(C)CC(C)(O)CNC(=O)c1cn[nH]c1. The monoisotopic (exact) mass is 226 g/mol. The van der Waals surface area contributed by atoms with Gasteiger partial charge < -0.3 is 15.3 Å². The summed E-state index contributed by atoms with van der Waals surface area (Å²) in [5, 5.41) is 18.8. The Bertz CT molecular complexity index is 333. The van der Waals surface area contributed by atoms with Crippen molar-refractivity contribution in [3.8, 4) is 0 Å². The van der Waals surface area contributed by atoms with Crippen LogP contribution in [0.2, 0.25) is 0 Å². The van der Waals surface area contributed by atoms with Crippen LogP contribution >= 0.6 is 0 Å². The molecule has 1 atom stereocenters. The highest BCUT2D eigenvalue weighted by molar-refractivity contribution is 5.93. The van der Waals surface area contributed by atoms with E-state index in [1.165, 1.54) is 12.4 Å². The normalized spacial score (nSPS) is 14.8. The zero-order chi connectivity index (χ0) is 12.2. The van der Waals surface area contributed by atoms with Crippen LogP contribution in [-0.4, -0.2) is 58.9 Å². The van der Waals surface area contributed by atoms with Crippen LogP contribution in [0.3, 0.4) is 0 Å². The first-order valence-electron chi connectivity index (χ1n) is 5.05. The number of amides is 1. The molecular formula is C10H18N4O2. The predicted molar refractivity (Wildman–Crippen MR) is 60.1 cm³/mol. The van der Waals surface area contributed by atoms with Crippen molar-refractivity contribution in [3.05, 3.63) is 18.0 Å². The molecule has 0 aromatic carbocycles. The van der Waals surface area contributed by atoms with Gasteiger partial charge in [-0.05, 0) is 21.0 Å². The number of nitrogens with one attached hydrogen (secondary N) is 2. The van der Waals surface area contributed by atoms with Crippen LogP contribution in [0, 0.1) is 0 Å². The molecule has 0 bridgehead atoms. The van der Waals surface area contributed by atoms with Gasteiger partial charge in [-0.2, -0.15) is 5.10 Å². The molecule has 16 heavy (non-hydrogen) atoms. The Morgan fingerprint density at radius 1 is 1.69 bits per heavy atom. The number of aromatic nitrogens is 2. The van der Waals surface area contributed by atoms with Gasteiger partial charge in [-0.25, -0.2) is 0 Å². The van der Waals surface area contributed by atoms with Crippen molar-refractivity contribution in [1.82, 2.24) is 20.4 Å². The van der Waals surface area contributed by atoms with Gasteiger partial charge in [0.15, 0.2) is 0 Å². The van der Waals surface area contributed by atoms with E-state index in [2.05, 4.69) is 15.5 Å². The third-order valence-corrected chi connectivity index (χ3v) is 2.05. The summed E-state index contributed by atoms with van der Waals surface area (Å²) in [6.07, 6.45) is 2.95. The fourth-order valence-corrected chi connectivity index (χ4v) is 1.48. The summed E-state index contributed by atoms with van der Waals surface area (Å²) in [4.78, 5) is 13.4. The molecule has 0 spiro atoms. The Kier molecular flexibility index (Phi) is 4.03. The molecule has 6 heteroatoms. The Morgan fingerprint density at radius 2 is 2.38 bits per heavy atom. The van der Waals surface area contributed by atoms with Gasteiger partial charge >= 0.3 is 0 Å². The molecule has 6 nitrogen and oxygen atoms in total. The summed E-state index contributed by atoms with van der Waals surface area (Å²) < 4.78 is 0. The molecule has 3 N–H and O–H groups in total. The highest BCUT2D eigenvalue weighted by atomic mass is 16.3. The van der Waals surface area contributed by atoms with E-state index >= 15 is 0 Å². The number of aliphatic hydroxyl groups is 1. The van der Waals surface area contributed by atoms with E-state index in [-0.39, 0.29) is 12.5 Å². The quantitative estimate of drug-likeness (QED) is 0.629. The minimum atomic E-state index is -0.942. The molecule has 0 aliphatic rings. The molecule has 0 saturated heterocycles. The van der Waals surface area contributed by atoms with E-state index in [9.17, 15) is 9.90 Å². The molecule has 0 aliphatic carbocycles. The van der Waals surface area contributed by atoms with Crippen molar-refractivity contribution < 1.29 is 9.90 Å². The largest absolute Gasteiger partial charge is 0.387 e. The molecule has 0 aliphatic heterocycles. The molecule has 0 radical (unpaired) electrons. The number of nitrogens with zero attached hydrogens (tertiary/aromatic N) is 2. The molecule has 1 rings (SSSR count). The lowest BCUT2D eigenvalue weighted by atomic mass is 10.1. The topological polar surface area (TPSA) is 81.2 Å². The van der Waals surface area contributed by atoms with E-state index in [1.54, 1.807) is 6.92 Å². The lowest BCUT2D eigenvalue weighted by molar-refractivity contribution is 0.0326. The molecule has 1 heterocycles. The summed E-state index contributed by atoms with van der Waals surface area (Å²) in [6.45, 7) is 2.37. The number of likely N-dealkylation sites (N-methyl/N-ethyl adjacent to an activating group) is 1.